The predicted octanol–water partition coefficient (Wildman–Crippen LogP) is 2.57. The van der Waals surface area contributed by atoms with Crippen molar-refractivity contribution >= 4 is 22.2 Å². The van der Waals surface area contributed by atoms with Crippen LogP contribution < -0.4 is 15.6 Å². The van der Waals surface area contributed by atoms with Crippen LogP contribution in [0.15, 0.2) is 35.3 Å². The molecule has 0 spiro atoms. The Labute approximate surface area is 154 Å². The number of carbonyl (C=O) groups excluding carboxylic acids is 1. The van der Waals surface area contributed by atoms with Gasteiger partial charge in [0.2, 0.25) is 0 Å². The van der Waals surface area contributed by atoms with Gasteiger partial charge in [0.15, 0.2) is 4.96 Å². The Bertz CT molecular complexity index is 1020. The molecule has 0 unspecified atom stereocenters. The number of aromatic nitrogens is 2. The van der Waals surface area contributed by atoms with E-state index >= 15 is 0 Å². The van der Waals surface area contributed by atoms with Crippen molar-refractivity contribution in [3.63, 3.8) is 0 Å². The van der Waals surface area contributed by atoms with Crippen LogP contribution in [0.4, 0.5) is 0 Å². The van der Waals surface area contributed by atoms with Crippen molar-refractivity contribution in [2.45, 2.75) is 32.7 Å². The number of hydrogen-bond acceptors (Lipinski definition) is 5. The minimum absolute atomic E-state index is 0.0842. The average molecular weight is 369 g/mol. The molecule has 0 fully saturated rings. The van der Waals surface area contributed by atoms with Crippen LogP contribution >= 0.6 is 11.3 Å². The summed E-state index contributed by atoms with van der Waals surface area (Å²) in [5.41, 5.74) is 1.76. The summed E-state index contributed by atoms with van der Waals surface area (Å²) in [4.78, 5) is 31.5. The Balaban J connectivity index is 1.53. The Morgan fingerprint density at radius 2 is 2.12 bits per heavy atom. The highest BCUT2D eigenvalue weighted by atomic mass is 32.1. The second-order valence-electron chi connectivity index (χ2n) is 6.18. The smallest absolute Gasteiger partial charge is 0.271 e. The Kier molecular flexibility index (Phi) is 4.46. The Hall–Kier alpha value is -2.67. The van der Waals surface area contributed by atoms with E-state index in [0.717, 1.165) is 36.3 Å². The van der Waals surface area contributed by atoms with Gasteiger partial charge in [-0.3, -0.25) is 14.0 Å². The molecule has 7 heteroatoms. The molecule has 2 aromatic heterocycles. The van der Waals surface area contributed by atoms with Gasteiger partial charge >= 0.3 is 0 Å². The highest BCUT2D eigenvalue weighted by molar-refractivity contribution is 7.17. The summed E-state index contributed by atoms with van der Waals surface area (Å²) in [6.07, 6.45) is 4.30. The van der Waals surface area contributed by atoms with E-state index in [-0.39, 0.29) is 11.1 Å². The molecule has 1 aromatic carbocycles. The van der Waals surface area contributed by atoms with Crippen molar-refractivity contribution in [2.75, 3.05) is 6.61 Å². The summed E-state index contributed by atoms with van der Waals surface area (Å²) < 4.78 is 7.01. The van der Waals surface area contributed by atoms with E-state index in [0.29, 0.717) is 18.1 Å². The fourth-order valence-corrected chi connectivity index (χ4v) is 4.38. The maximum atomic E-state index is 12.8. The average Bonchev–Trinajstić information content (AvgIpc) is 3.22. The SMILES string of the molecule is CCOc1ccc(CNC(=O)c2cnc3sc4c(n3c2=O)CCC4)cc1. The summed E-state index contributed by atoms with van der Waals surface area (Å²) in [7, 11) is 0. The molecule has 0 aliphatic heterocycles. The molecule has 1 aliphatic rings. The van der Waals surface area contributed by atoms with Crippen LogP contribution in [0, 0.1) is 0 Å². The van der Waals surface area contributed by atoms with E-state index in [4.69, 9.17) is 4.74 Å². The van der Waals surface area contributed by atoms with Crippen molar-refractivity contribution in [1.29, 1.82) is 0 Å². The second kappa shape index (κ2) is 6.92. The number of amides is 1. The van der Waals surface area contributed by atoms with Crippen LogP contribution in [0.3, 0.4) is 0 Å². The molecule has 1 aliphatic carbocycles. The van der Waals surface area contributed by atoms with Crippen LogP contribution in [0.25, 0.3) is 4.96 Å². The van der Waals surface area contributed by atoms with E-state index in [1.54, 1.807) is 15.7 Å². The van der Waals surface area contributed by atoms with Crippen LogP contribution in [-0.2, 0) is 19.4 Å². The lowest BCUT2D eigenvalue weighted by Gasteiger charge is -2.07. The molecule has 0 saturated heterocycles. The van der Waals surface area contributed by atoms with E-state index in [1.165, 1.54) is 11.1 Å². The monoisotopic (exact) mass is 369 g/mol. The molecule has 26 heavy (non-hydrogen) atoms. The van der Waals surface area contributed by atoms with E-state index in [9.17, 15) is 9.59 Å². The van der Waals surface area contributed by atoms with Crippen LogP contribution in [0.5, 0.6) is 5.75 Å². The standard InChI is InChI=1S/C19H19N3O3S/c1-2-25-13-8-6-12(7-9-13)10-20-17(23)14-11-21-19-22(18(14)24)15-4-3-5-16(15)26-19/h6-9,11H,2-5,10H2,1H3,(H,20,23). The summed E-state index contributed by atoms with van der Waals surface area (Å²) in [6.45, 7) is 2.89. The number of aryl methyl sites for hydroxylation is 2. The largest absolute Gasteiger partial charge is 0.494 e. The molecule has 4 rings (SSSR count). The maximum absolute atomic E-state index is 12.8. The normalized spacial score (nSPS) is 13.0. The lowest BCUT2D eigenvalue weighted by Crippen LogP contribution is -2.31. The zero-order valence-electron chi connectivity index (χ0n) is 14.4. The molecule has 2 heterocycles. The molecular formula is C19H19N3O3S. The number of fused-ring (bicyclic) bond motifs is 3. The van der Waals surface area contributed by atoms with Gasteiger partial charge in [0.05, 0.1) is 6.61 Å². The van der Waals surface area contributed by atoms with Crippen molar-refractivity contribution < 1.29 is 9.53 Å². The molecule has 134 valence electrons. The number of thiazole rings is 1. The molecule has 1 N–H and O–H groups in total. The van der Waals surface area contributed by atoms with Crippen molar-refractivity contribution in [2.24, 2.45) is 0 Å². The van der Waals surface area contributed by atoms with Gasteiger partial charge in [-0.15, -0.1) is 11.3 Å². The zero-order valence-corrected chi connectivity index (χ0v) is 15.3. The maximum Gasteiger partial charge on any atom is 0.271 e. The highest BCUT2D eigenvalue weighted by Gasteiger charge is 2.22. The minimum Gasteiger partial charge on any atom is -0.494 e. The highest BCUT2D eigenvalue weighted by Crippen LogP contribution is 2.28. The number of nitrogens with one attached hydrogen (secondary N) is 1. The van der Waals surface area contributed by atoms with E-state index in [2.05, 4.69) is 10.3 Å². The van der Waals surface area contributed by atoms with Gasteiger partial charge in [-0.25, -0.2) is 4.98 Å². The summed E-state index contributed by atoms with van der Waals surface area (Å²) >= 11 is 1.54. The second-order valence-corrected chi connectivity index (χ2v) is 7.24. The number of hydrogen-bond donors (Lipinski definition) is 1. The molecule has 6 nitrogen and oxygen atoms in total. The minimum atomic E-state index is -0.399. The van der Waals surface area contributed by atoms with Crippen LogP contribution in [-0.4, -0.2) is 21.9 Å². The zero-order chi connectivity index (χ0) is 18.1. The quantitative estimate of drug-likeness (QED) is 0.750. The van der Waals surface area contributed by atoms with E-state index < -0.39 is 5.91 Å². The number of benzene rings is 1. The first-order valence-corrected chi connectivity index (χ1v) is 9.51. The van der Waals surface area contributed by atoms with Gasteiger partial charge in [-0.1, -0.05) is 12.1 Å². The molecule has 0 atom stereocenters. The first-order chi connectivity index (χ1) is 12.7. The third kappa shape index (κ3) is 2.99. The molecular weight excluding hydrogens is 350 g/mol. The van der Waals surface area contributed by atoms with Gasteiger partial charge in [0, 0.05) is 23.3 Å². The number of carbonyl (C=O) groups is 1. The molecule has 1 amide bonds. The van der Waals surface area contributed by atoms with Gasteiger partial charge in [0.25, 0.3) is 11.5 Å². The van der Waals surface area contributed by atoms with Crippen LogP contribution in [0.2, 0.25) is 0 Å². The number of rotatable bonds is 5. The van der Waals surface area contributed by atoms with E-state index in [1.807, 2.05) is 31.2 Å². The lowest BCUT2D eigenvalue weighted by molar-refractivity contribution is 0.0949. The lowest BCUT2D eigenvalue weighted by atomic mass is 10.2. The van der Waals surface area contributed by atoms with Crippen LogP contribution in [0.1, 0.15) is 39.8 Å². The van der Waals surface area contributed by atoms with Crippen molar-refractivity contribution in [3.05, 3.63) is 62.5 Å². The molecule has 0 saturated carbocycles. The number of ether oxygens (including phenoxy) is 1. The van der Waals surface area contributed by atoms with Crippen molar-refractivity contribution in [3.8, 4) is 5.75 Å². The van der Waals surface area contributed by atoms with Gasteiger partial charge in [0.1, 0.15) is 11.3 Å². The topological polar surface area (TPSA) is 72.7 Å². The predicted molar refractivity (Wildman–Crippen MR) is 100 cm³/mol. The van der Waals surface area contributed by atoms with Gasteiger partial charge in [-0.2, -0.15) is 0 Å². The summed E-state index contributed by atoms with van der Waals surface area (Å²) in [6, 6.07) is 7.51. The third-order valence-electron chi connectivity index (χ3n) is 4.48. The first-order valence-electron chi connectivity index (χ1n) is 8.69. The number of nitrogens with zero attached hydrogens (tertiary/aromatic N) is 2. The summed E-state index contributed by atoms with van der Waals surface area (Å²) in [5, 5.41) is 2.80. The summed E-state index contributed by atoms with van der Waals surface area (Å²) in [5.74, 6) is 0.394. The Morgan fingerprint density at radius 3 is 2.88 bits per heavy atom. The molecule has 0 bridgehead atoms. The fourth-order valence-electron chi connectivity index (χ4n) is 3.21. The fraction of sp³-hybridized carbons (Fsp3) is 0.316. The molecule has 3 aromatic rings. The molecule has 0 radical (unpaired) electrons. The van der Waals surface area contributed by atoms with Gasteiger partial charge < -0.3 is 10.1 Å². The van der Waals surface area contributed by atoms with Crippen molar-refractivity contribution in [1.82, 2.24) is 14.7 Å². The van der Waals surface area contributed by atoms with Gasteiger partial charge in [-0.05, 0) is 43.9 Å². The third-order valence-corrected chi connectivity index (χ3v) is 5.64. The Morgan fingerprint density at radius 1 is 1.31 bits per heavy atom. The first kappa shape index (κ1) is 16.8.